The van der Waals surface area contributed by atoms with E-state index < -0.39 is 18.6 Å². The fourth-order valence-electron chi connectivity index (χ4n) is 3.40. The first-order valence-corrected chi connectivity index (χ1v) is 14.6. The van der Waals surface area contributed by atoms with Crippen molar-refractivity contribution in [3.05, 3.63) is 75.6 Å². The second-order valence-electron chi connectivity index (χ2n) is 9.08. The molecular weight excluding hydrogens is 515 g/mol. The Bertz CT molecular complexity index is 981. The average molecular weight is 557 g/mol. The van der Waals surface area contributed by atoms with E-state index >= 15 is 0 Å². The summed E-state index contributed by atoms with van der Waals surface area (Å²) in [4.78, 5) is 10.2. The van der Waals surface area contributed by atoms with E-state index in [4.69, 9.17) is 25.1 Å². The molecule has 0 aromatic carbocycles. The summed E-state index contributed by atoms with van der Waals surface area (Å²) in [5, 5.41) is 10.9. The summed E-state index contributed by atoms with van der Waals surface area (Å²) in [7, 11) is -2.03. The molecule has 0 aliphatic heterocycles. The highest BCUT2D eigenvalue weighted by Crippen LogP contribution is 2.52. The standard InChI is InChI=1S/C27H42ClN2O6P/c1-6-11-25(15-10-14-24(4)13-9-12-23(2)3)18-21-34-37(33,29(5)20-8-7-19-28)35-22-26-16-17-27(36-26)30(31)32/h6,12,14,16-18H,1,7-11,13,15,19-22H2,2-5H3/b24-14+,25-18+. The van der Waals surface area contributed by atoms with Crippen molar-refractivity contribution < 1.29 is 23.0 Å². The zero-order chi connectivity index (χ0) is 27.7. The van der Waals surface area contributed by atoms with Crippen LogP contribution in [0, 0.1) is 10.1 Å². The fraction of sp³-hybridized carbons (Fsp3) is 0.556. The largest absolute Gasteiger partial charge is 0.433 e. The van der Waals surface area contributed by atoms with Crippen LogP contribution in [0.2, 0.25) is 0 Å². The van der Waals surface area contributed by atoms with E-state index in [1.807, 2.05) is 12.2 Å². The van der Waals surface area contributed by atoms with Crippen LogP contribution >= 0.6 is 19.3 Å². The van der Waals surface area contributed by atoms with Crippen molar-refractivity contribution in [2.24, 2.45) is 0 Å². The second-order valence-corrected chi connectivity index (χ2v) is 11.6. The third-order valence-electron chi connectivity index (χ3n) is 5.55. The Labute approximate surface area is 226 Å². The van der Waals surface area contributed by atoms with Gasteiger partial charge in [-0.1, -0.05) is 41.0 Å². The van der Waals surface area contributed by atoms with Gasteiger partial charge < -0.3 is 4.42 Å². The minimum Gasteiger partial charge on any atom is -0.403 e. The number of nitro groups is 1. The zero-order valence-electron chi connectivity index (χ0n) is 22.6. The Morgan fingerprint density at radius 3 is 2.51 bits per heavy atom. The molecule has 208 valence electrons. The van der Waals surface area contributed by atoms with Crippen LogP contribution < -0.4 is 0 Å². The van der Waals surface area contributed by atoms with Crippen molar-refractivity contribution in [3.8, 4) is 0 Å². The van der Waals surface area contributed by atoms with E-state index in [1.165, 1.54) is 27.9 Å². The maximum Gasteiger partial charge on any atom is 0.433 e. The van der Waals surface area contributed by atoms with Crippen LogP contribution in [-0.2, 0) is 20.2 Å². The van der Waals surface area contributed by atoms with Crippen LogP contribution in [0.1, 0.15) is 71.5 Å². The van der Waals surface area contributed by atoms with Crippen LogP contribution in [0.15, 0.2) is 64.2 Å². The monoisotopic (exact) mass is 556 g/mol. The summed E-state index contributed by atoms with van der Waals surface area (Å²) >= 11 is 5.78. The molecule has 8 nitrogen and oxygen atoms in total. The topological polar surface area (TPSA) is 95.0 Å². The summed E-state index contributed by atoms with van der Waals surface area (Å²) in [6, 6.07) is 2.66. The number of alkyl halides is 1. The SMILES string of the molecule is C=CC/C(=C\COP(=O)(OCc1ccc([N+](=O)[O-])o1)N(C)CCCCCl)CC/C=C(\C)CCC=C(C)C. The maximum atomic E-state index is 13.6. The van der Waals surface area contributed by atoms with Gasteiger partial charge in [-0.25, -0.2) is 9.24 Å². The number of allylic oxidation sites excluding steroid dienone is 6. The molecule has 0 amide bonds. The fourth-order valence-corrected chi connectivity index (χ4v) is 4.99. The third kappa shape index (κ3) is 14.0. The molecule has 1 aromatic rings. The highest BCUT2D eigenvalue weighted by Gasteiger charge is 2.31. The molecule has 0 fully saturated rings. The van der Waals surface area contributed by atoms with Crippen molar-refractivity contribution in [1.82, 2.24) is 4.67 Å². The lowest BCUT2D eigenvalue weighted by atomic mass is 10.0. The third-order valence-corrected chi connectivity index (χ3v) is 7.78. The summed E-state index contributed by atoms with van der Waals surface area (Å²) in [5.74, 6) is 0.300. The summed E-state index contributed by atoms with van der Waals surface area (Å²) in [5.41, 5.74) is 3.84. The van der Waals surface area contributed by atoms with Gasteiger partial charge in [0.25, 0.3) is 0 Å². The number of rotatable bonds is 20. The van der Waals surface area contributed by atoms with E-state index in [-0.39, 0.29) is 19.0 Å². The van der Waals surface area contributed by atoms with E-state index in [0.717, 1.165) is 44.1 Å². The molecule has 1 unspecified atom stereocenters. The van der Waals surface area contributed by atoms with E-state index in [0.29, 0.717) is 18.8 Å². The Morgan fingerprint density at radius 2 is 1.89 bits per heavy atom. The van der Waals surface area contributed by atoms with Gasteiger partial charge in [0.05, 0.1) is 12.7 Å². The molecular formula is C27H42ClN2O6P. The maximum absolute atomic E-state index is 13.6. The minimum atomic E-state index is -3.70. The summed E-state index contributed by atoms with van der Waals surface area (Å²) < 4.78 is 31.7. The predicted molar refractivity (Wildman–Crippen MR) is 151 cm³/mol. The number of hydrogen-bond donors (Lipinski definition) is 0. The predicted octanol–water partition coefficient (Wildman–Crippen LogP) is 8.76. The number of nitrogens with zero attached hydrogens (tertiary/aromatic N) is 2. The molecule has 1 heterocycles. The summed E-state index contributed by atoms with van der Waals surface area (Å²) in [6.07, 6.45) is 14.3. The molecule has 0 N–H and O–H groups in total. The van der Waals surface area contributed by atoms with Crippen LogP contribution in [0.3, 0.4) is 0 Å². The van der Waals surface area contributed by atoms with Crippen LogP contribution in [0.5, 0.6) is 0 Å². The number of hydrogen-bond acceptors (Lipinski definition) is 6. The number of furan rings is 1. The van der Waals surface area contributed by atoms with Gasteiger partial charge in [0, 0.05) is 12.4 Å². The van der Waals surface area contributed by atoms with Gasteiger partial charge in [0.2, 0.25) is 0 Å². The van der Waals surface area contributed by atoms with Crippen molar-refractivity contribution in [1.29, 1.82) is 0 Å². The average Bonchev–Trinajstić information content (AvgIpc) is 3.32. The van der Waals surface area contributed by atoms with Crippen LogP contribution in [0.4, 0.5) is 5.88 Å². The van der Waals surface area contributed by atoms with Gasteiger partial charge in [-0.2, -0.15) is 0 Å². The van der Waals surface area contributed by atoms with Crippen molar-refractivity contribution in [2.45, 2.75) is 72.3 Å². The Kier molecular flexibility index (Phi) is 16.4. The molecule has 0 aliphatic rings. The van der Waals surface area contributed by atoms with Crippen molar-refractivity contribution in [3.63, 3.8) is 0 Å². The van der Waals surface area contributed by atoms with Gasteiger partial charge in [-0.05, 0) is 78.8 Å². The highest BCUT2D eigenvalue weighted by molar-refractivity contribution is 7.51. The Hall–Kier alpha value is -1.96. The van der Waals surface area contributed by atoms with E-state index in [1.54, 1.807) is 7.05 Å². The van der Waals surface area contributed by atoms with E-state index in [2.05, 4.69) is 39.5 Å². The molecule has 1 aromatic heterocycles. The lowest BCUT2D eigenvalue weighted by Gasteiger charge is -2.26. The van der Waals surface area contributed by atoms with Crippen LogP contribution in [-0.4, -0.2) is 35.7 Å². The Balaban J connectivity index is 2.81. The molecule has 1 atom stereocenters. The molecule has 0 saturated carbocycles. The minimum absolute atomic E-state index is 0.0991. The van der Waals surface area contributed by atoms with Gasteiger partial charge >= 0.3 is 13.6 Å². The smallest absolute Gasteiger partial charge is 0.403 e. The van der Waals surface area contributed by atoms with Gasteiger partial charge in [0.1, 0.15) is 17.3 Å². The molecule has 37 heavy (non-hydrogen) atoms. The number of halogens is 1. The molecule has 1 rings (SSSR count). The summed E-state index contributed by atoms with van der Waals surface area (Å²) in [6.45, 7) is 10.6. The lowest BCUT2D eigenvalue weighted by Crippen LogP contribution is -2.20. The zero-order valence-corrected chi connectivity index (χ0v) is 24.3. The first-order valence-electron chi connectivity index (χ1n) is 12.6. The van der Waals surface area contributed by atoms with Crippen molar-refractivity contribution in [2.75, 3.05) is 26.1 Å². The van der Waals surface area contributed by atoms with Crippen molar-refractivity contribution >= 4 is 25.2 Å². The molecule has 0 spiro atoms. The van der Waals surface area contributed by atoms with Crippen LogP contribution in [0.25, 0.3) is 0 Å². The van der Waals surface area contributed by atoms with Gasteiger partial charge in [0.15, 0.2) is 0 Å². The lowest BCUT2D eigenvalue weighted by molar-refractivity contribution is -0.402. The Morgan fingerprint density at radius 1 is 1.16 bits per heavy atom. The molecule has 0 bridgehead atoms. The highest BCUT2D eigenvalue weighted by atomic mass is 35.5. The molecule has 0 radical (unpaired) electrons. The first-order chi connectivity index (χ1) is 17.6. The van der Waals surface area contributed by atoms with Gasteiger partial charge in [-0.3, -0.25) is 19.2 Å². The molecule has 0 saturated heterocycles. The molecule has 0 aliphatic carbocycles. The second kappa shape index (κ2) is 18.3. The number of unbranched alkanes of at least 4 members (excludes halogenated alkanes) is 1. The van der Waals surface area contributed by atoms with Gasteiger partial charge in [-0.15, -0.1) is 18.2 Å². The van der Waals surface area contributed by atoms with E-state index in [9.17, 15) is 14.7 Å². The quantitative estimate of drug-likeness (QED) is 0.0395. The molecule has 10 heteroatoms. The first kappa shape index (κ1) is 33.1. The normalized spacial score (nSPS) is 14.0.